The highest BCUT2D eigenvalue weighted by molar-refractivity contribution is 7.84. The molecule has 2 aromatic heterocycles. The minimum absolute atomic E-state index is 0.424. The van der Waals surface area contributed by atoms with E-state index in [1.165, 1.54) is 5.56 Å². The third kappa shape index (κ3) is 5.45. The number of rotatable bonds is 6. The predicted molar refractivity (Wildman–Crippen MR) is 156 cm³/mol. The standard InChI is InChI=1S/C33H30N2OS/c1-22(2)29-19-27-9-6-16-34-33(27)32(20-29)26-8-5-7-24(17-26)18-31(28-11-10-23(3)35-21-28)25-12-14-30(15-13-25)37(4)36/h5-22H,1-4H3. The SMILES string of the molecule is Cc1ccc(C(=Cc2cccc(-c3cc(C(C)C)cc4cccnc34)c2)c2ccc(S(C)=O)cc2)cn1. The fraction of sp³-hybridized carbons (Fsp3) is 0.152. The minimum atomic E-state index is -1.02. The van der Waals surface area contributed by atoms with Crippen molar-refractivity contribution in [3.63, 3.8) is 0 Å². The van der Waals surface area contributed by atoms with Gasteiger partial charge in [-0.1, -0.05) is 56.3 Å². The van der Waals surface area contributed by atoms with E-state index in [0.717, 1.165) is 54.9 Å². The molecule has 2 heterocycles. The van der Waals surface area contributed by atoms with Crippen molar-refractivity contribution in [2.24, 2.45) is 0 Å². The Bertz CT molecular complexity index is 1620. The lowest BCUT2D eigenvalue weighted by atomic mass is 9.92. The molecule has 0 aliphatic carbocycles. The molecule has 0 saturated carbocycles. The number of fused-ring (bicyclic) bond motifs is 1. The van der Waals surface area contributed by atoms with E-state index in [4.69, 9.17) is 4.98 Å². The monoisotopic (exact) mass is 502 g/mol. The van der Waals surface area contributed by atoms with E-state index in [9.17, 15) is 4.21 Å². The zero-order chi connectivity index (χ0) is 25.9. The van der Waals surface area contributed by atoms with Gasteiger partial charge in [-0.3, -0.25) is 14.2 Å². The van der Waals surface area contributed by atoms with Gasteiger partial charge >= 0.3 is 0 Å². The Kier molecular flexibility index (Phi) is 7.11. The molecule has 0 bridgehead atoms. The van der Waals surface area contributed by atoms with Crippen molar-refractivity contribution in [2.75, 3.05) is 6.26 Å². The van der Waals surface area contributed by atoms with Crippen LogP contribution in [0.3, 0.4) is 0 Å². The molecule has 4 heteroatoms. The summed E-state index contributed by atoms with van der Waals surface area (Å²) >= 11 is 0. The third-order valence-corrected chi connectivity index (χ3v) is 7.56. The van der Waals surface area contributed by atoms with E-state index >= 15 is 0 Å². The summed E-state index contributed by atoms with van der Waals surface area (Å²) in [5.41, 5.74) is 9.83. The van der Waals surface area contributed by atoms with E-state index < -0.39 is 10.8 Å². The summed E-state index contributed by atoms with van der Waals surface area (Å²) in [6, 6.07) is 29.4. The Morgan fingerprint density at radius 3 is 2.35 bits per heavy atom. The number of aromatic nitrogens is 2. The van der Waals surface area contributed by atoms with Crippen LogP contribution in [0.15, 0.2) is 102 Å². The molecule has 1 atom stereocenters. The van der Waals surface area contributed by atoms with Crippen LogP contribution in [0.5, 0.6) is 0 Å². The third-order valence-electron chi connectivity index (χ3n) is 6.62. The second-order valence-corrected chi connectivity index (χ2v) is 11.0. The molecule has 1 unspecified atom stereocenters. The zero-order valence-electron chi connectivity index (χ0n) is 21.6. The quantitative estimate of drug-likeness (QED) is 0.221. The zero-order valence-corrected chi connectivity index (χ0v) is 22.4. The van der Waals surface area contributed by atoms with E-state index in [1.807, 2.05) is 55.7 Å². The van der Waals surface area contributed by atoms with Crippen LogP contribution >= 0.6 is 0 Å². The Morgan fingerprint density at radius 2 is 1.65 bits per heavy atom. The van der Waals surface area contributed by atoms with Crippen molar-refractivity contribution in [1.29, 1.82) is 0 Å². The minimum Gasteiger partial charge on any atom is -0.261 e. The molecule has 5 aromatic rings. The fourth-order valence-electron chi connectivity index (χ4n) is 4.52. The second-order valence-electron chi connectivity index (χ2n) is 9.65. The summed E-state index contributed by atoms with van der Waals surface area (Å²) in [4.78, 5) is 10.1. The first-order valence-corrected chi connectivity index (χ1v) is 14.0. The van der Waals surface area contributed by atoms with Crippen LogP contribution in [0.25, 0.3) is 33.7 Å². The molecule has 0 fully saturated rings. The number of hydrogen-bond acceptors (Lipinski definition) is 3. The summed E-state index contributed by atoms with van der Waals surface area (Å²) in [6.07, 6.45) is 7.68. The highest BCUT2D eigenvalue weighted by atomic mass is 32.2. The van der Waals surface area contributed by atoms with Crippen LogP contribution < -0.4 is 0 Å². The number of hydrogen-bond donors (Lipinski definition) is 0. The molecule has 3 aromatic carbocycles. The van der Waals surface area contributed by atoms with Crippen LogP contribution in [0.1, 0.15) is 47.7 Å². The molecular formula is C33H30N2OS. The van der Waals surface area contributed by atoms with E-state index in [-0.39, 0.29) is 0 Å². The first-order valence-electron chi connectivity index (χ1n) is 12.5. The van der Waals surface area contributed by atoms with Crippen molar-refractivity contribution in [2.45, 2.75) is 31.6 Å². The van der Waals surface area contributed by atoms with E-state index in [1.54, 1.807) is 6.26 Å². The van der Waals surface area contributed by atoms with Gasteiger partial charge in [-0.15, -0.1) is 0 Å². The molecule has 0 spiro atoms. The van der Waals surface area contributed by atoms with Gasteiger partial charge in [-0.25, -0.2) is 0 Å². The highest BCUT2D eigenvalue weighted by Crippen LogP contribution is 2.33. The van der Waals surface area contributed by atoms with Gasteiger partial charge < -0.3 is 0 Å². The Labute approximate surface area is 221 Å². The normalized spacial score (nSPS) is 12.7. The molecule has 0 aliphatic rings. The van der Waals surface area contributed by atoms with Gasteiger partial charge in [-0.2, -0.15) is 0 Å². The molecule has 37 heavy (non-hydrogen) atoms. The molecule has 184 valence electrons. The summed E-state index contributed by atoms with van der Waals surface area (Å²) in [5, 5.41) is 1.16. The van der Waals surface area contributed by atoms with Crippen LogP contribution in [-0.2, 0) is 10.8 Å². The van der Waals surface area contributed by atoms with Crippen LogP contribution in [-0.4, -0.2) is 20.4 Å². The molecule has 0 radical (unpaired) electrons. The van der Waals surface area contributed by atoms with Crippen molar-refractivity contribution in [3.8, 4) is 11.1 Å². The summed E-state index contributed by atoms with van der Waals surface area (Å²) in [6.45, 7) is 6.44. The van der Waals surface area contributed by atoms with Gasteiger partial charge in [0.1, 0.15) is 0 Å². The first kappa shape index (κ1) is 24.8. The number of benzene rings is 3. The Balaban J connectivity index is 1.65. The van der Waals surface area contributed by atoms with Crippen LogP contribution in [0, 0.1) is 6.92 Å². The van der Waals surface area contributed by atoms with Crippen LogP contribution in [0.4, 0.5) is 0 Å². The number of aryl methyl sites for hydroxylation is 1. The fourth-order valence-corrected chi connectivity index (χ4v) is 5.04. The van der Waals surface area contributed by atoms with Gasteiger partial charge in [0.25, 0.3) is 0 Å². The number of nitrogens with zero attached hydrogens (tertiary/aromatic N) is 2. The average Bonchev–Trinajstić information content (AvgIpc) is 2.92. The van der Waals surface area contributed by atoms with Crippen molar-refractivity contribution in [3.05, 3.63) is 125 Å². The molecule has 3 nitrogen and oxygen atoms in total. The van der Waals surface area contributed by atoms with Gasteiger partial charge in [0, 0.05) is 56.6 Å². The van der Waals surface area contributed by atoms with Crippen molar-refractivity contribution in [1.82, 2.24) is 9.97 Å². The second kappa shape index (κ2) is 10.6. The smallest absolute Gasteiger partial charge is 0.0780 e. The molecule has 5 rings (SSSR count). The Hall–Kier alpha value is -3.89. The number of pyridine rings is 2. The highest BCUT2D eigenvalue weighted by Gasteiger charge is 2.12. The maximum atomic E-state index is 11.9. The van der Waals surface area contributed by atoms with E-state index in [2.05, 4.69) is 73.4 Å². The molecule has 0 aliphatic heterocycles. The van der Waals surface area contributed by atoms with Gasteiger partial charge in [0.15, 0.2) is 0 Å². The Morgan fingerprint density at radius 1 is 0.865 bits per heavy atom. The van der Waals surface area contributed by atoms with Gasteiger partial charge in [0.05, 0.1) is 5.52 Å². The van der Waals surface area contributed by atoms with E-state index in [0.29, 0.717) is 5.92 Å². The maximum absolute atomic E-state index is 11.9. The van der Waals surface area contributed by atoms with Gasteiger partial charge in [0.2, 0.25) is 0 Å². The molecule has 0 amide bonds. The molecular weight excluding hydrogens is 472 g/mol. The largest absolute Gasteiger partial charge is 0.261 e. The summed E-state index contributed by atoms with van der Waals surface area (Å²) in [7, 11) is -1.02. The van der Waals surface area contributed by atoms with Crippen molar-refractivity contribution < 1.29 is 4.21 Å². The first-order chi connectivity index (χ1) is 17.9. The molecule has 0 saturated heterocycles. The van der Waals surface area contributed by atoms with Crippen LogP contribution in [0.2, 0.25) is 0 Å². The lowest BCUT2D eigenvalue weighted by Crippen LogP contribution is -1.94. The predicted octanol–water partition coefficient (Wildman–Crippen LogP) is 8.05. The lowest BCUT2D eigenvalue weighted by molar-refractivity contribution is 0.687. The molecule has 0 N–H and O–H groups in total. The lowest BCUT2D eigenvalue weighted by Gasteiger charge is -2.13. The van der Waals surface area contributed by atoms with Gasteiger partial charge in [-0.05, 0) is 89.2 Å². The topological polar surface area (TPSA) is 42.9 Å². The average molecular weight is 503 g/mol. The van der Waals surface area contributed by atoms with Crippen molar-refractivity contribution >= 4 is 33.4 Å². The summed E-state index contributed by atoms with van der Waals surface area (Å²) in [5.74, 6) is 0.424. The summed E-state index contributed by atoms with van der Waals surface area (Å²) < 4.78 is 11.9. The maximum Gasteiger partial charge on any atom is 0.0780 e.